The molecule has 1 unspecified atom stereocenters. The number of amides is 1. The Morgan fingerprint density at radius 2 is 1.96 bits per heavy atom. The van der Waals surface area contributed by atoms with Gasteiger partial charge in [-0.2, -0.15) is 0 Å². The summed E-state index contributed by atoms with van der Waals surface area (Å²) in [6, 6.07) is 15.0. The molecular formula is C18H21NO3S. The predicted octanol–water partition coefficient (Wildman–Crippen LogP) is 2.68. The van der Waals surface area contributed by atoms with Gasteiger partial charge in [-0.3, -0.25) is 9.00 Å². The Morgan fingerprint density at radius 3 is 2.70 bits per heavy atom. The third-order valence-corrected chi connectivity index (χ3v) is 3.94. The van der Waals surface area contributed by atoms with E-state index in [1.807, 2.05) is 37.3 Å². The minimum absolute atomic E-state index is 0.151. The van der Waals surface area contributed by atoms with Crippen molar-refractivity contribution in [1.29, 1.82) is 0 Å². The summed E-state index contributed by atoms with van der Waals surface area (Å²) in [7, 11) is -0.920. The lowest BCUT2D eigenvalue weighted by Gasteiger charge is -2.09. The largest absolute Gasteiger partial charge is 0.492 e. The van der Waals surface area contributed by atoms with Gasteiger partial charge in [0.25, 0.3) is 5.91 Å². The third-order valence-electron chi connectivity index (χ3n) is 3.20. The Morgan fingerprint density at radius 1 is 1.17 bits per heavy atom. The van der Waals surface area contributed by atoms with Crippen LogP contribution in [0.4, 0.5) is 0 Å². The molecule has 5 heteroatoms. The van der Waals surface area contributed by atoms with Gasteiger partial charge in [0.15, 0.2) is 0 Å². The first kappa shape index (κ1) is 17.2. The Bertz CT molecular complexity index is 700. The molecular weight excluding hydrogens is 310 g/mol. The first-order valence-electron chi connectivity index (χ1n) is 7.41. The second kappa shape index (κ2) is 8.48. The molecule has 0 saturated heterocycles. The standard InChI is InChI=1S/C18H21NO3S/c1-14-5-3-8-17(11-14)22-10-9-19-18(20)16-7-4-6-15(12-16)13-23(2)21/h3-8,11-12H,9-10,13H2,1-2H3,(H,19,20). The van der Waals surface area contributed by atoms with Gasteiger partial charge in [0, 0.05) is 28.4 Å². The lowest BCUT2D eigenvalue weighted by Crippen LogP contribution is -2.28. The molecule has 0 fully saturated rings. The molecule has 0 aromatic heterocycles. The number of aryl methyl sites for hydroxylation is 1. The Kier molecular flexibility index (Phi) is 6.35. The molecule has 0 radical (unpaired) electrons. The highest BCUT2D eigenvalue weighted by molar-refractivity contribution is 7.83. The van der Waals surface area contributed by atoms with Crippen LogP contribution in [0.15, 0.2) is 48.5 Å². The zero-order valence-electron chi connectivity index (χ0n) is 13.4. The molecule has 4 nitrogen and oxygen atoms in total. The number of hydrogen-bond donors (Lipinski definition) is 1. The van der Waals surface area contributed by atoms with E-state index in [2.05, 4.69) is 5.32 Å². The van der Waals surface area contributed by atoms with Crippen LogP contribution in [0.1, 0.15) is 21.5 Å². The number of carbonyl (C=O) groups excluding carboxylic acids is 1. The maximum absolute atomic E-state index is 12.1. The SMILES string of the molecule is Cc1cccc(OCCNC(=O)c2cccc(CS(C)=O)c2)c1. The van der Waals surface area contributed by atoms with Crippen LogP contribution in [0.5, 0.6) is 5.75 Å². The van der Waals surface area contributed by atoms with Crippen molar-refractivity contribution in [3.05, 3.63) is 65.2 Å². The monoisotopic (exact) mass is 331 g/mol. The van der Waals surface area contributed by atoms with E-state index in [9.17, 15) is 9.00 Å². The first-order valence-corrected chi connectivity index (χ1v) is 9.14. The van der Waals surface area contributed by atoms with E-state index in [4.69, 9.17) is 4.74 Å². The van der Waals surface area contributed by atoms with Crippen LogP contribution in [-0.2, 0) is 16.6 Å². The lowest BCUT2D eigenvalue weighted by atomic mass is 10.1. The Balaban J connectivity index is 1.81. The van der Waals surface area contributed by atoms with Gasteiger partial charge < -0.3 is 10.1 Å². The molecule has 0 heterocycles. The van der Waals surface area contributed by atoms with Crippen LogP contribution in [0.2, 0.25) is 0 Å². The summed E-state index contributed by atoms with van der Waals surface area (Å²) in [5.74, 6) is 1.10. The number of rotatable bonds is 7. The summed E-state index contributed by atoms with van der Waals surface area (Å²) in [5, 5.41) is 2.82. The molecule has 23 heavy (non-hydrogen) atoms. The van der Waals surface area contributed by atoms with Crippen molar-refractivity contribution in [2.24, 2.45) is 0 Å². The Labute approximate surface area is 139 Å². The number of hydrogen-bond acceptors (Lipinski definition) is 3. The van der Waals surface area contributed by atoms with Crippen LogP contribution in [0.3, 0.4) is 0 Å². The van der Waals surface area contributed by atoms with Crippen LogP contribution < -0.4 is 10.1 Å². The van der Waals surface area contributed by atoms with Crippen LogP contribution in [0, 0.1) is 6.92 Å². The fourth-order valence-corrected chi connectivity index (χ4v) is 2.83. The summed E-state index contributed by atoms with van der Waals surface area (Å²) in [6.07, 6.45) is 1.65. The topological polar surface area (TPSA) is 55.4 Å². The summed E-state index contributed by atoms with van der Waals surface area (Å²) >= 11 is 0. The first-order chi connectivity index (χ1) is 11.0. The van der Waals surface area contributed by atoms with Crippen molar-refractivity contribution in [3.63, 3.8) is 0 Å². The normalized spacial score (nSPS) is 11.7. The average molecular weight is 331 g/mol. The number of carbonyl (C=O) groups is 1. The molecule has 0 bridgehead atoms. The molecule has 0 spiro atoms. The predicted molar refractivity (Wildman–Crippen MR) is 93.2 cm³/mol. The van der Waals surface area contributed by atoms with Gasteiger partial charge in [-0.25, -0.2) is 0 Å². The zero-order chi connectivity index (χ0) is 16.7. The molecule has 1 amide bonds. The van der Waals surface area contributed by atoms with E-state index in [0.717, 1.165) is 16.9 Å². The Hall–Kier alpha value is -2.14. The highest BCUT2D eigenvalue weighted by Gasteiger charge is 2.06. The summed E-state index contributed by atoms with van der Waals surface area (Å²) < 4.78 is 16.9. The molecule has 2 aromatic rings. The van der Waals surface area contributed by atoms with Crippen LogP contribution in [-0.4, -0.2) is 29.5 Å². The van der Waals surface area contributed by atoms with Crippen molar-refractivity contribution in [1.82, 2.24) is 5.32 Å². The number of ether oxygens (including phenoxy) is 1. The smallest absolute Gasteiger partial charge is 0.251 e. The van der Waals surface area contributed by atoms with Gasteiger partial charge in [-0.05, 0) is 42.3 Å². The fraction of sp³-hybridized carbons (Fsp3) is 0.278. The molecule has 2 rings (SSSR count). The maximum atomic E-state index is 12.1. The van der Waals surface area contributed by atoms with Gasteiger partial charge in [-0.1, -0.05) is 24.3 Å². The molecule has 1 N–H and O–H groups in total. The molecule has 0 aliphatic carbocycles. The molecule has 1 atom stereocenters. The zero-order valence-corrected chi connectivity index (χ0v) is 14.2. The molecule has 0 aliphatic rings. The summed E-state index contributed by atoms with van der Waals surface area (Å²) in [6.45, 7) is 2.84. The van der Waals surface area contributed by atoms with Gasteiger partial charge in [0.2, 0.25) is 0 Å². The van der Waals surface area contributed by atoms with Gasteiger partial charge >= 0.3 is 0 Å². The van der Waals surface area contributed by atoms with Crippen LogP contribution in [0.25, 0.3) is 0 Å². The highest BCUT2D eigenvalue weighted by atomic mass is 32.2. The highest BCUT2D eigenvalue weighted by Crippen LogP contribution is 2.12. The molecule has 0 aliphatic heterocycles. The second-order valence-electron chi connectivity index (χ2n) is 5.34. The van der Waals surface area contributed by atoms with Crippen molar-refractivity contribution in [2.75, 3.05) is 19.4 Å². The summed E-state index contributed by atoms with van der Waals surface area (Å²) in [5.41, 5.74) is 2.61. The molecule has 122 valence electrons. The van der Waals surface area contributed by atoms with Crippen LogP contribution >= 0.6 is 0 Å². The third kappa shape index (κ3) is 5.87. The maximum Gasteiger partial charge on any atom is 0.251 e. The fourth-order valence-electron chi connectivity index (χ4n) is 2.18. The van der Waals surface area contributed by atoms with E-state index < -0.39 is 10.8 Å². The van der Waals surface area contributed by atoms with E-state index in [1.54, 1.807) is 24.5 Å². The minimum atomic E-state index is -0.920. The van der Waals surface area contributed by atoms with Crippen molar-refractivity contribution >= 4 is 16.7 Å². The van der Waals surface area contributed by atoms with Crippen molar-refractivity contribution in [3.8, 4) is 5.75 Å². The van der Waals surface area contributed by atoms with Crippen molar-refractivity contribution < 1.29 is 13.7 Å². The summed E-state index contributed by atoms with van der Waals surface area (Å²) in [4.78, 5) is 12.1. The number of nitrogens with one attached hydrogen (secondary N) is 1. The van der Waals surface area contributed by atoms with Crippen molar-refractivity contribution in [2.45, 2.75) is 12.7 Å². The average Bonchev–Trinajstić information content (AvgIpc) is 2.51. The van der Waals surface area contributed by atoms with E-state index in [1.165, 1.54) is 0 Å². The second-order valence-corrected chi connectivity index (χ2v) is 6.77. The lowest BCUT2D eigenvalue weighted by molar-refractivity contribution is 0.0947. The minimum Gasteiger partial charge on any atom is -0.492 e. The van der Waals surface area contributed by atoms with Gasteiger partial charge in [0.1, 0.15) is 12.4 Å². The molecule has 0 saturated carbocycles. The van der Waals surface area contributed by atoms with E-state index in [-0.39, 0.29) is 5.91 Å². The van der Waals surface area contributed by atoms with E-state index in [0.29, 0.717) is 24.5 Å². The van der Waals surface area contributed by atoms with E-state index >= 15 is 0 Å². The van der Waals surface area contributed by atoms with Gasteiger partial charge in [0.05, 0.1) is 6.54 Å². The van der Waals surface area contributed by atoms with Gasteiger partial charge in [-0.15, -0.1) is 0 Å². The molecule has 2 aromatic carbocycles. The number of benzene rings is 2. The quantitative estimate of drug-likeness (QED) is 0.794.